The third kappa shape index (κ3) is 2.98. The number of phenolic OH excluding ortho intramolecular Hbond substituents is 1. The minimum absolute atomic E-state index is 0.562. The van der Waals surface area contributed by atoms with Crippen molar-refractivity contribution >= 4 is 11.8 Å². The number of rotatable bonds is 2. The molecule has 18 heavy (non-hydrogen) atoms. The lowest BCUT2D eigenvalue weighted by atomic mass is 10.2. The molecule has 0 radical (unpaired) electrons. The molecule has 0 bridgehead atoms. The fraction of sp³-hybridized carbons (Fsp3) is 0.0769. The molecule has 0 aliphatic carbocycles. The summed E-state index contributed by atoms with van der Waals surface area (Å²) in [6, 6.07) is 12.6. The van der Waals surface area contributed by atoms with Gasteiger partial charge >= 0.3 is 6.18 Å². The molecule has 0 spiro atoms. The molecule has 0 saturated carbocycles. The van der Waals surface area contributed by atoms with E-state index >= 15 is 0 Å². The first-order valence-corrected chi connectivity index (χ1v) is 5.91. The molecule has 0 heterocycles. The van der Waals surface area contributed by atoms with E-state index in [1.54, 1.807) is 0 Å². The Hall–Kier alpha value is -1.62. The van der Waals surface area contributed by atoms with Gasteiger partial charge in [0.15, 0.2) is 0 Å². The SMILES string of the molecule is Oc1cc(Sc2ccccc2)ccc1C(F)(F)F. The zero-order valence-corrected chi connectivity index (χ0v) is 9.92. The lowest BCUT2D eigenvalue weighted by molar-refractivity contribution is -0.138. The van der Waals surface area contributed by atoms with E-state index in [1.165, 1.54) is 17.8 Å². The molecule has 0 aliphatic heterocycles. The molecule has 94 valence electrons. The molecule has 0 fully saturated rings. The van der Waals surface area contributed by atoms with Crippen molar-refractivity contribution in [3.63, 3.8) is 0 Å². The molecular weight excluding hydrogens is 261 g/mol. The lowest BCUT2D eigenvalue weighted by Crippen LogP contribution is -2.04. The second-order valence-electron chi connectivity index (χ2n) is 3.59. The molecule has 0 aromatic heterocycles. The van der Waals surface area contributed by atoms with Crippen LogP contribution in [0.1, 0.15) is 5.56 Å². The van der Waals surface area contributed by atoms with Gasteiger partial charge in [-0.05, 0) is 30.3 Å². The smallest absolute Gasteiger partial charge is 0.419 e. The fourth-order valence-corrected chi connectivity index (χ4v) is 2.31. The quantitative estimate of drug-likeness (QED) is 0.863. The van der Waals surface area contributed by atoms with E-state index in [2.05, 4.69) is 0 Å². The maximum Gasteiger partial charge on any atom is 0.419 e. The summed E-state index contributed by atoms with van der Waals surface area (Å²) in [6.45, 7) is 0. The van der Waals surface area contributed by atoms with Crippen LogP contribution in [0, 0.1) is 0 Å². The summed E-state index contributed by atoms with van der Waals surface area (Å²) in [5.41, 5.74) is -1.01. The van der Waals surface area contributed by atoms with Crippen LogP contribution in [-0.4, -0.2) is 5.11 Å². The van der Waals surface area contributed by atoms with Crippen LogP contribution in [0.25, 0.3) is 0 Å². The number of alkyl halides is 3. The Bertz CT molecular complexity index is 538. The third-order valence-corrected chi connectivity index (χ3v) is 3.25. The summed E-state index contributed by atoms with van der Waals surface area (Å²) in [6.07, 6.45) is -4.53. The molecule has 2 aromatic carbocycles. The number of halogens is 3. The Labute approximate surface area is 106 Å². The second-order valence-corrected chi connectivity index (χ2v) is 4.74. The Kier molecular flexibility index (Phi) is 3.52. The van der Waals surface area contributed by atoms with Crippen LogP contribution < -0.4 is 0 Å². The van der Waals surface area contributed by atoms with Gasteiger partial charge in [-0.3, -0.25) is 0 Å². The highest BCUT2D eigenvalue weighted by Gasteiger charge is 2.33. The average molecular weight is 270 g/mol. The Morgan fingerprint density at radius 3 is 2.11 bits per heavy atom. The van der Waals surface area contributed by atoms with Gasteiger partial charge in [-0.15, -0.1) is 0 Å². The van der Waals surface area contributed by atoms with Crippen LogP contribution in [0.2, 0.25) is 0 Å². The van der Waals surface area contributed by atoms with Gasteiger partial charge in [0.25, 0.3) is 0 Å². The van der Waals surface area contributed by atoms with E-state index in [1.807, 2.05) is 30.3 Å². The zero-order valence-electron chi connectivity index (χ0n) is 9.11. The van der Waals surface area contributed by atoms with Crippen molar-refractivity contribution in [1.82, 2.24) is 0 Å². The Balaban J connectivity index is 2.25. The third-order valence-electron chi connectivity index (χ3n) is 2.25. The number of hydrogen-bond donors (Lipinski definition) is 1. The van der Waals surface area contributed by atoms with E-state index in [4.69, 9.17) is 0 Å². The summed E-state index contributed by atoms with van der Waals surface area (Å²) in [5.74, 6) is -0.747. The van der Waals surface area contributed by atoms with Crippen molar-refractivity contribution in [2.45, 2.75) is 16.0 Å². The number of phenols is 1. The van der Waals surface area contributed by atoms with Crippen LogP contribution in [0.15, 0.2) is 58.3 Å². The van der Waals surface area contributed by atoms with E-state index in [0.29, 0.717) is 4.90 Å². The van der Waals surface area contributed by atoms with Crippen LogP contribution in [-0.2, 0) is 6.18 Å². The van der Waals surface area contributed by atoms with E-state index in [-0.39, 0.29) is 0 Å². The van der Waals surface area contributed by atoms with Gasteiger partial charge in [-0.2, -0.15) is 13.2 Å². The van der Waals surface area contributed by atoms with Gasteiger partial charge in [-0.1, -0.05) is 30.0 Å². The molecule has 0 unspecified atom stereocenters. The van der Waals surface area contributed by atoms with Crippen molar-refractivity contribution in [1.29, 1.82) is 0 Å². The van der Waals surface area contributed by atoms with Gasteiger partial charge in [0.05, 0.1) is 5.56 Å². The van der Waals surface area contributed by atoms with Crippen molar-refractivity contribution in [2.75, 3.05) is 0 Å². The Morgan fingerprint density at radius 1 is 0.889 bits per heavy atom. The summed E-state index contributed by atoms with van der Waals surface area (Å²) in [4.78, 5) is 1.46. The van der Waals surface area contributed by atoms with Crippen LogP contribution in [0.4, 0.5) is 13.2 Å². The van der Waals surface area contributed by atoms with Gasteiger partial charge in [0, 0.05) is 9.79 Å². The van der Waals surface area contributed by atoms with Crippen molar-refractivity contribution in [3.8, 4) is 5.75 Å². The fourth-order valence-electron chi connectivity index (χ4n) is 1.44. The Morgan fingerprint density at radius 2 is 1.56 bits per heavy atom. The summed E-state index contributed by atoms with van der Waals surface area (Å²) in [5, 5.41) is 9.37. The maximum absolute atomic E-state index is 12.4. The number of benzene rings is 2. The molecular formula is C13H9F3OS. The largest absolute Gasteiger partial charge is 0.507 e. The minimum Gasteiger partial charge on any atom is -0.507 e. The molecule has 2 aromatic rings. The summed E-state index contributed by atoms with van der Waals surface area (Å²) < 4.78 is 37.3. The predicted molar refractivity (Wildman–Crippen MR) is 63.7 cm³/mol. The molecule has 1 N–H and O–H groups in total. The first-order valence-electron chi connectivity index (χ1n) is 5.10. The standard InChI is InChI=1S/C13H9F3OS/c14-13(15,16)11-7-6-10(8-12(11)17)18-9-4-2-1-3-5-9/h1-8,17H. The van der Waals surface area contributed by atoms with Gasteiger partial charge in [-0.25, -0.2) is 0 Å². The predicted octanol–water partition coefficient (Wildman–Crippen LogP) is 4.56. The van der Waals surface area contributed by atoms with Crippen molar-refractivity contribution in [2.24, 2.45) is 0 Å². The highest BCUT2D eigenvalue weighted by atomic mass is 32.2. The van der Waals surface area contributed by atoms with Crippen LogP contribution in [0.3, 0.4) is 0 Å². The lowest BCUT2D eigenvalue weighted by Gasteiger charge is -2.10. The van der Waals surface area contributed by atoms with Crippen molar-refractivity contribution in [3.05, 3.63) is 54.1 Å². The molecule has 0 aliphatic rings. The molecule has 5 heteroatoms. The van der Waals surface area contributed by atoms with E-state index in [9.17, 15) is 18.3 Å². The summed E-state index contributed by atoms with van der Waals surface area (Å²) >= 11 is 1.29. The number of hydrogen-bond acceptors (Lipinski definition) is 2. The zero-order chi connectivity index (χ0) is 13.2. The molecule has 0 saturated heterocycles. The first-order chi connectivity index (χ1) is 8.47. The van der Waals surface area contributed by atoms with Crippen LogP contribution >= 0.6 is 11.8 Å². The van der Waals surface area contributed by atoms with Gasteiger partial charge in [0.1, 0.15) is 5.75 Å². The normalized spacial score (nSPS) is 11.5. The minimum atomic E-state index is -4.53. The van der Waals surface area contributed by atoms with Crippen molar-refractivity contribution < 1.29 is 18.3 Å². The monoisotopic (exact) mass is 270 g/mol. The average Bonchev–Trinajstić information content (AvgIpc) is 2.28. The van der Waals surface area contributed by atoms with E-state index in [0.717, 1.165) is 17.0 Å². The topological polar surface area (TPSA) is 20.2 Å². The van der Waals surface area contributed by atoms with E-state index < -0.39 is 17.5 Å². The molecule has 1 nitrogen and oxygen atoms in total. The number of aromatic hydroxyl groups is 1. The molecule has 2 rings (SSSR count). The summed E-state index contributed by atoms with van der Waals surface area (Å²) in [7, 11) is 0. The van der Waals surface area contributed by atoms with Gasteiger partial charge < -0.3 is 5.11 Å². The highest BCUT2D eigenvalue weighted by molar-refractivity contribution is 7.99. The van der Waals surface area contributed by atoms with Gasteiger partial charge in [0.2, 0.25) is 0 Å². The van der Waals surface area contributed by atoms with Crippen LogP contribution in [0.5, 0.6) is 5.75 Å². The second kappa shape index (κ2) is 4.94. The highest BCUT2D eigenvalue weighted by Crippen LogP contribution is 2.38. The molecule has 0 amide bonds. The maximum atomic E-state index is 12.4. The molecule has 0 atom stereocenters. The first kappa shape index (κ1) is 12.8.